The Morgan fingerprint density at radius 2 is 2.12 bits per heavy atom. The number of hydrogen-bond acceptors (Lipinski definition) is 2. The summed E-state index contributed by atoms with van der Waals surface area (Å²) >= 11 is 6.03. The smallest absolute Gasteiger partial charge is 0.262 e. The Hall–Kier alpha value is -1.35. The highest BCUT2D eigenvalue weighted by atomic mass is 35.5. The van der Waals surface area contributed by atoms with Gasteiger partial charge >= 0.3 is 0 Å². The van der Waals surface area contributed by atoms with E-state index in [0.717, 1.165) is 5.56 Å². The third-order valence-electron chi connectivity index (χ3n) is 2.55. The van der Waals surface area contributed by atoms with E-state index in [1.807, 2.05) is 32.9 Å². The SMILES string of the molecule is Cc1ccn2c(=O)c(C(C)C)c(Cl)nc2c1. The zero-order valence-corrected chi connectivity index (χ0v) is 10.2. The number of aryl methyl sites for hydroxylation is 1. The Morgan fingerprint density at radius 1 is 1.44 bits per heavy atom. The van der Waals surface area contributed by atoms with E-state index in [4.69, 9.17) is 11.6 Å². The van der Waals surface area contributed by atoms with Crippen LogP contribution in [0.4, 0.5) is 0 Å². The highest BCUT2D eigenvalue weighted by Gasteiger charge is 2.13. The van der Waals surface area contributed by atoms with Gasteiger partial charge in [0.05, 0.1) is 5.56 Å². The maximum Gasteiger partial charge on any atom is 0.262 e. The van der Waals surface area contributed by atoms with Crippen molar-refractivity contribution in [2.24, 2.45) is 0 Å². The third-order valence-corrected chi connectivity index (χ3v) is 2.84. The second kappa shape index (κ2) is 3.91. The number of fused-ring (bicyclic) bond motifs is 1. The van der Waals surface area contributed by atoms with E-state index >= 15 is 0 Å². The first-order valence-corrected chi connectivity index (χ1v) is 5.57. The molecule has 3 nitrogen and oxygen atoms in total. The molecule has 16 heavy (non-hydrogen) atoms. The van der Waals surface area contributed by atoms with Crippen molar-refractivity contribution >= 4 is 17.2 Å². The van der Waals surface area contributed by atoms with Crippen molar-refractivity contribution in [1.29, 1.82) is 0 Å². The first-order valence-electron chi connectivity index (χ1n) is 5.19. The number of nitrogens with zero attached hydrogens (tertiary/aromatic N) is 2. The van der Waals surface area contributed by atoms with Gasteiger partial charge in [-0.2, -0.15) is 0 Å². The molecule has 0 aliphatic carbocycles. The lowest BCUT2D eigenvalue weighted by Crippen LogP contribution is -2.21. The van der Waals surface area contributed by atoms with Gasteiger partial charge in [0.1, 0.15) is 10.8 Å². The van der Waals surface area contributed by atoms with Crippen LogP contribution in [0.1, 0.15) is 30.9 Å². The molecule has 0 N–H and O–H groups in total. The molecule has 0 bridgehead atoms. The van der Waals surface area contributed by atoms with Gasteiger partial charge in [0, 0.05) is 6.20 Å². The zero-order valence-electron chi connectivity index (χ0n) is 9.49. The lowest BCUT2D eigenvalue weighted by molar-refractivity contribution is 0.822. The minimum atomic E-state index is -0.0787. The summed E-state index contributed by atoms with van der Waals surface area (Å²) in [5, 5.41) is 0.311. The summed E-state index contributed by atoms with van der Waals surface area (Å²) in [5.41, 5.74) is 2.15. The summed E-state index contributed by atoms with van der Waals surface area (Å²) in [4.78, 5) is 16.4. The van der Waals surface area contributed by atoms with E-state index in [1.165, 1.54) is 4.40 Å². The van der Waals surface area contributed by atoms with Crippen molar-refractivity contribution in [2.75, 3.05) is 0 Å². The monoisotopic (exact) mass is 236 g/mol. The molecule has 0 aliphatic rings. The van der Waals surface area contributed by atoms with Crippen LogP contribution >= 0.6 is 11.6 Å². The standard InChI is InChI=1S/C12H13ClN2O/c1-7(2)10-11(13)14-9-6-8(3)4-5-15(9)12(10)16/h4-7H,1-3H3. The van der Waals surface area contributed by atoms with Crippen LogP contribution in [-0.4, -0.2) is 9.38 Å². The molecular formula is C12H13ClN2O. The molecule has 0 saturated heterocycles. The van der Waals surface area contributed by atoms with Crippen LogP contribution in [0, 0.1) is 6.92 Å². The molecule has 2 heterocycles. The molecule has 0 aliphatic heterocycles. The maximum atomic E-state index is 12.1. The van der Waals surface area contributed by atoms with Gasteiger partial charge in [0.15, 0.2) is 0 Å². The van der Waals surface area contributed by atoms with Crippen molar-refractivity contribution in [2.45, 2.75) is 26.7 Å². The van der Waals surface area contributed by atoms with Gasteiger partial charge in [-0.3, -0.25) is 9.20 Å². The molecule has 0 amide bonds. The van der Waals surface area contributed by atoms with Crippen molar-refractivity contribution in [3.05, 3.63) is 45.0 Å². The van der Waals surface area contributed by atoms with Gasteiger partial charge in [0.2, 0.25) is 0 Å². The normalized spacial score (nSPS) is 11.3. The first kappa shape index (κ1) is 11.1. The van der Waals surface area contributed by atoms with Crippen LogP contribution in [0.5, 0.6) is 0 Å². The topological polar surface area (TPSA) is 34.4 Å². The molecule has 4 heteroatoms. The summed E-state index contributed by atoms with van der Waals surface area (Å²) in [6.45, 7) is 5.83. The lowest BCUT2D eigenvalue weighted by atomic mass is 10.1. The van der Waals surface area contributed by atoms with Crippen molar-refractivity contribution in [1.82, 2.24) is 9.38 Å². The molecular weight excluding hydrogens is 224 g/mol. The fraction of sp³-hybridized carbons (Fsp3) is 0.333. The van der Waals surface area contributed by atoms with E-state index in [1.54, 1.807) is 6.20 Å². The number of halogens is 1. The summed E-state index contributed by atoms with van der Waals surface area (Å²) in [6.07, 6.45) is 1.74. The first-order chi connectivity index (χ1) is 7.50. The average molecular weight is 237 g/mol. The lowest BCUT2D eigenvalue weighted by Gasteiger charge is -2.09. The van der Waals surface area contributed by atoms with Gasteiger partial charge in [-0.25, -0.2) is 4.98 Å². The van der Waals surface area contributed by atoms with E-state index in [2.05, 4.69) is 4.98 Å². The zero-order chi connectivity index (χ0) is 11.9. The van der Waals surface area contributed by atoms with E-state index in [0.29, 0.717) is 16.4 Å². The second-order valence-corrected chi connectivity index (χ2v) is 4.57. The second-order valence-electron chi connectivity index (χ2n) is 4.21. The van der Waals surface area contributed by atoms with Crippen LogP contribution in [0.2, 0.25) is 5.15 Å². The summed E-state index contributed by atoms with van der Waals surface area (Å²) in [7, 11) is 0. The summed E-state index contributed by atoms with van der Waals surface area (Å²) in [5.74, 6) is 0.0747. The minimum absolute atomic E-state index is 0.0747. The van der Waals surface area contributed by atoms with Crippen LogP contribution in [0.25, 0.3) is 5.65 Å². The quantitative estimate of drug-likeness (QED) is 0.714. The van der Waals surface area contributed by atoms with Gasteiger partial charge in [0.25, 0.3) is 5.56 Å². The fourth-order valence-corrected chi connectivity index (χ4v) is 2.10. The molecule has 0 saturated carbocycles. The Kier molecular flexibility index (Phi) is 2.72. The molecule has 84 valence electrons. The number of hydrogen-bond donors (Lipinski definition) is 0. The van der Waals surface area contributed by atoms with Crippen molar-refractivity contribution in [3.63, 3.8) is 0 Å². The summed E-state index contributed by atoms with van der Waals surface area (Å²) < 4.78 is 1.54. The van der Waals surface area contributed by atoms with Crippen LogP contribution in [-0.2, 0) is 0 Å². The van der Waals surface area contributed by atoms with E-state index < -0.39 is 0 Å². The Bertz CT molecular complexity index is 602. The third kappa shape index (κ3) is 1.71. The number of aromatic nitrogens is 2. The van der Waals surface area contributed by atoms with E-state index in [-0.39, 0.29) is 11.5 Å². The van der Waals surface area contributed by atoms with E-state index in [9.17, 15) is 4.79 Å². The fourth-order valence-electron chi connectivity index (χ4n) is 1.71. The predicted octanol–water partition coefficient (Wildman–Crippen LogP) is 2.78. The Labute approximate surface area is 98.7 Å². The average Bonchev–Trinajstić information content (AvgIpc) is 2.15. The van der Waals surface area contributed by atoms with Gasteiger partial charge in [-0.1, -0.05) is 25.4 Å². The largest absolute Gasteiger partial charge is 0.269 e. The molecule has 0 aromatic carbocycles. The van der Waals surface area contributed by atoms with Crippen molar-refractivity contribution in [3.8, 4) is 0 Å². The molecule has 0 unspecified atom stereocenters. The number of rotatable bonds is 1. The highest BCUT2D eigenvalue weighted by Crippen LogP contribution is 2.19. The minimum Gasteiger partial charge on any atom is -0.269 e. The Morgan fingerprint density at radius 3 is 2.75 bits per heavy atom. The summed E-state index contributed by atoms with van der Waals surface area (Å²) in [6, 6.07) is 3.73. The van der Waals surface area contributed by atoms with Gasteiger partial charge < -0.3 is 0 Å². The molecule has 0 fully saturated rings. The van der Waals surface area contributed by atoms with Gasteiger partial charge in [-0.05, 0) is 30.5 Å². The van der Waals surface area contributed by atoms with Crippen LogP contribution in [0.3, 0.4) is 0 Å². The van der Waals surface area contributed by atoms with Crippen LogP contribution < -0.4 is 5.56 Å². The van der Waals surface area contributed by atoms with Crippen LogP contribution in [0.15, 0.2) is 23.1 Å². The molecule has 0 spiro atoms. The molecule has 0 atom stereocenters. The number of pyridine rings is 1. The maximum absolute atomic E-state index is 12.1. The van der Waals surface area contributed by atoms with Gasteiger partial charge in [-0.15, -0.1) is 0 Å². The highest BCUT2D eigenvalue weighted by molar-refractivity contribution is 6.30. The molecule has 0 radical (unpaired) electrons. The molecule has 2 aromatic heterocycles. The molecule has 2 rings (SSSR count). The van der Waals surface area contributed by atoms with Crippen molar-refractivity contribution < 1.29 is 0 Å². The Balaban J connectivity index is 2.89. The predicted molar refractivity (Wildman–Crippen MR) is 65.3 cm³/mol. The molecule has 2 aromatic rings.